The van der Waals surface area contributed by atoms with E-state index in [-0.39, 0.29) is 11.9 Å². The summed E-state index contributed by atoms with van der Waals surface area (Å²) in [5, 5.41) is 5.23. The molecule has 0 radical (unpaired) electrons. The third-order valence-electron chi connectivity index (χ3n) is 3.99. The first kappa shape index (κ1) is 14.3. The summed E-state index contributed by atoms with van der Waals surface area (Å²) in [6.07, 6.45) is 4.70. The van der Waals surface area contributed by atoms with E-state index < -0.39 is 0 Å². The van der Waals surface area contributed by atoms with Crippen LogP contribution in [-0.4, -0.2) is 27.3 Å². The smallest absolute Gasteiger partial charge is 0.315 e. The van der Waals surface area contributed by atoms with E-state index in [0.717, 1.165) is 41.2 Å². The Kier molecular flexibility index (Phi) is 3.80. The Hall–Kier alpha value is -1.69. The van der Waals surface area contributed by atoms with Crippen LogP contribution in [0.2, 0.25) is 0 Å². The van der Waals surface area contributed by atoms with Crippen molar-refractivity contribution in [2.75, 3.05) is 6.61 Å². The van der Waals surface area contributed by atoms with Gasteiger partial charge < -0.3 is 4.74 Å². The molecule has 0 fully saturated rings. The first-order chi connectivity index (χ1) is 10.1. The lowest BCUT2D eigenvalue weighted by Gasteiger charge is -2.19. The van der Waals surface area contributed by atoms with Gasteiger partial charge in [0.15, 0.2) is 0 Å². The minimum absolute atomic E-state index is 0.141. The van der Waals surface area contributed by atoms with E-state index in [0.29, 0.717) is 6.61 Å². The van der Waals surface area contributed by atoms with Crippen LogP contribution >= 0.6 is 11.3 Å². The fourth-order valence-electron chi connectivity index (χ4n) is 2.71. The number of esters is 1. The van der Waals surface area contributed by atoms with Crippen molar-refractivity contribution in [1.82, 2.24) is 14.8 Å². The van der Waals surface area contributed by atoms with Crippen molar-refractivity contribution >= 4 is 17.3 Å². The molecule has 0 amide bonds. The number of carbonyl (C=O) groups is 1. The van der Waals surface area contributed by atoms with Gasteiger partial charge in [-0.05, 0) is 33.1 Å². The molecule has 1 atom stereocenters. The Morgan fingerprint density at radius 1 is 1.57 bits per heavy atom. The van der Waals surface area contributed by atoms with E-state index >= 15 is 0 Å². The highest BCUT2D eigenvalue weighted by molar-refractivity contribution is 7.15. The number of aryl methyl sites for hydroxylation is 2. The molecule has 5 nitrogen and oxygen atoms in total. The molecule has 0 aliphatic heterocycles. The summed E-state index contributed by atoms with van der Waals surface area (Å²) in [4.78, 5) is 18.1. The minimum Gasteiger partial charge on any atom is -0.465 e. The first-order valence-corrected chi connectivity index (χ1v) is 8.08. The van der Waals surface area contributed by atoms with Crippen molar-refractivity contribution in [2.24, 2.45) is 7.05 Å². The molecular weight excluding hydrogens is 286 g/mol. The molecule has 0 bridgehead atoms. The minimum atomic E-state index is -0.198. The van der Waals surface area contributed by atoms with Crippen LogP contribution in [0.15, 0.2) is 6.20 Å². The molecule has 1 unspecified atom stereocenters. The second-order valence-corrected chi connectivity index (χ2v) is 6.38. The molecule has 112 valence electrons. The van der Waals surface area contributed by atoms with E-state index in [1.54, 1.807) is 11.3 Å². The fraction of sp³-hybridized carbons (Fsp3) is 0.533. The molecule has 2 aromatic rings. The highest BCUT2D eigenvalue weighted by atomic mass is 32.1. The van der Waals surface area contributed by atoms with Gasteiger partial charge in [0, 0.05) is 17.6 Å². The van der Waals surface area contributed by atoms with Crippen molar-refractivity contribution in [1.29, 1.82) is 0 Å². The highest BCUT2D eigenvalue weighted by Gasteiger charge is 2.31. The Labute approximate surface area is 128 Å². The van der Waals surface area contributed by atoms with Crippen LogP contribution < -0.4 is 0 Å². The third kappa shape index (κ3) is 2.48. The Morgan fingerprint density at radius 3 is 3.05 bits per heavy atom. The topological polar surface area (TPSA) is 57.0 Å². The quantitative estimate of drug-likeness (QED) is 0.818. The molecule has 21 heavy (non-hydrogen) atoms. The number of hydrogen-bond acceptors (Lipinski definition) is 5. The summed E-state index contributed by atoms with van der Waals surface area (Å²) >= 11 is 1.68. The molecule has 0 saturated heterocycles. The Bertz CT molecular complexity index is 675. The summed E-state index contributed by atoms with van der Waals surface area (Å²) < 4.78 is 7.04. The number of fused-ring (bicyclic) bond motifs is 1. The number of ether oxygens (including phenoxy) is 1. The Balaban J connectivity index is 1.98. The maximum Gasteiger partial charge on any atom is 0.315 e. The lowest BCUT2D eigenvalue weighted by molar-refractivity contribution is -0.145. The highest BCUT2D eigenvalue weighted by Crippen LogP contribution is 2.39. The van der Waals surface area contributed by atoms with Crippen LogP contribution in [0, 0.1) is 6.92 Å². The lowest BCUT2D eigenvalue weighted by atomic mass is 9.91. The van der Waals surface area contributed by atoms with Crippen LogP contribution in [0.1, 0.15) is 41.9 Å². The van der Waals surface area contributed by atoms with Gasteiger partial charge in [0.2, 0.25) is 0 Å². The molecule has 1 aliphatic rings. The maximum absolute atomic E-state index is 12.1. The van der Waals surface area contributed by atoms with Gasteiger partial charge in [-0.25, -0.2) is 4.98 Å². The average molecular weight is 305 g/mol. The monoisotopic (exact) mass is 305 g/mol. The van der Waals surface area contributed by atoms with Crippen molar-refractivity contribution < 1.29 is 9.53 Å². The van der Waals surface area contributed by atoms with E-state index in [1.165, 1.54) is 4.88 Å². The van der Waals surface area contributed by atoms with Crippen molar-refractivity contribution in [2.45, 2.75) is 39.0 Å². The predicted molar refractivity (Wildman–Crippen MR) is 81.4 cm³/mol. The molecule has 3 rings (SSSR count). The molecule has 2 aromatic heterocycles. The van der Waals surface area contributed by atoms with Crippen molar-refractivity contribution in [3.8, 4) is 10.6 Å². The largest absolute Gasteiger partial charge is 0.465 e. The normalized spacial score (nSPS) is 17.6. The molecule has 0 spiro atoms. The van der Waals surface area contributed by atoms with E-state index in [2.05, 4.69) is 5.10 Å². The molecule has 2 heterocycles. The first-order valence-electron chi connectivity index (χ1n) is 7.27. The van der Waals surface area contributed by atoms with E-state index in [4.69, 9.17) is 9.72 Å². The number of hydrogen-bond donors (Lipinski definition) is 0. The predicted octanol–water partition coefficient (Wildman–Crippen LogP) is 2.84. The summed E-state index contributed by atoms with van der Waals surface area (Å²) in [5.41, 5.74) is 3.07. The van der Waals surface area contributed by atoms with Crippen LogP contribution in [-0.2, 0) is 23.0 Å². The van der Waals surface area contributed by atoms with E-state index in [1.807, 2.05) is 31.8 Å². The summed E-state index contributed by atoms with van der Waals surface area (Å²) in [5.74, 6) is -0.339. The second-order valence-electron chi connectivity index (χ2n) is 5.29. The standard InChI is InChI=1S/C15H19N3O2S/c1-4-20-15(19)10-6-5-7-12-13(10)17-14(21-12)11-8-16-18(3)9(11)2/h8,10H,4-7H2,1-3H3. The molecule has 1 aliphatic carbocycles. The van der Waals surface area contributed by atoms with Crippen LogP contribution in [0.25, 0.3) is 10.6 Å². The van der Waals surface area contributed by atoms with Crippen molar-refractivity contribution in [3.63, 3.8) is 0 Å². The summed E-state index contributed by atoms with van der Waals surface area (Å²) in [7, 11) is 1.92. The zero-order valence-corrected chi connectivity index (χ0v) is 13.4. The van der Waals surface area contributed by atoms with Gasteiger partial charge in [-0.1, -0.05) is 0 Å². The SMILES string of the molecule is CCOC(=O)C1CCCc2sc(-c3cnn(C)c3C)nc21. The van der Waals surface area contributed by atoms with Crippen LogP contribution in [0.3, 0.4) is 0 Å². The van der Waals surface area contributed by atoms with Gasteiger partial charge in [0.05, 0.1) is 24.1 Å². The van der Waals surface area contributed by atoms with Gasteiger partial charge in [0.25, 0.3) is 0 Å². The zero-order valence-electron chi connectivity index (χ0n) is 12.5. The van der Waals surface area contributed by atoms with Gasteiger partial charge in [-0.15, -0.1) is 11.3 Å². The van der Waals surface area contributed by atoms with Gasteiger partial charge >= 0.3 is 5.97 Å². The number of rotatable bonds is 3. The molecule has 0 N–H and O–H groups in total. The van der Waals surface area contributed by atoms with Crippen LogP contribution in [0.5, 0.6) is 0 Å². The number of aromatic nitrogens is 3. The lowest BCUT2D eigenvalue weighted by Crippen LogP contribution is -2.20. The average Bonchev–Trinajstić information content (AvgIpc) is 3.03. The van der Waals surface area contributed by atoms with Crippen LogP contribution in [0.4, 0.5) is 0 Å². The van der Waals surface area contributed by atoms with Gasteiger partial charge in [-0.2, -0.15) is 5.10 Å². The summed E-state index contributed by atoms with van der Waals surface area (Å²) in [6, 6.07) is 0. The number of nitrogens with zero attached hydrogens (tertiary/aromatic N) is 3. The molecule has 0 aromatic carbocycles. The second kappa shape index (κ2) is 5.60. The Morgan fingerprint density at radius 2 is 2.38 bits per heavy atom. The molecule has 6 heteroatoms. The molecular formula is C15H19N3O2S. The summed E-state index contributed by atoms with van der Waals surface area (Å²) in [6.45, 7) is 4.29. The van der Waals surface area contributed by atoms with E-state index in [9.17, 15) is 4.79 Å². The molecule has 0 saturated carbocycles. The van der Waals surface area contributed by atoms with Gasteiger partial charge in [0.1, 0.15) is 10.9 Å². The third-order valence-corrected chi connectivity index (χ3v) is 5.16. The number of thiazole rings is 1. The maximum atomic E-state index is 12.1. The van der Waals surface area contributed by atoms with Crippen molar-refractivity contribution in [3.05, 3.63) is 22.5 Å². The zero-order chi connectivity index (χ0) is 15.0. The van der Waals surface area contributed by atoms with Gasteiger partial charge in [-0.3, -0.25) is 9.48 Å². The number of carbonyl (C=O) groups excluding carboxylic acids is 1. The fourth-order valence-corrected chi connectivity index (χ4v) is 3.94.